The van der Waals surface area contributed by atoms with Gasteiger partial charge in [0, 0.05) is 0 Å². The van der Waals surface area contributed by atoms with Gasteiger partial charge in [-0.25, -0.2) is 0 Å². The van der Waals surface area contributed by atoms with E-state index in [-0.39, 0.29) is 28.6 Å². The van der Waals surface area contributed by atoms with E-state index < -0.39 is 5.75 Å². The Kier molecular flexibility index (Phi) is 2.49. The van der Waals surface area contributed by atoms with Crippen molar-refractivity contribution in [3.8, 4) is 17.2 Å². The molecule has 0 radical (unpaired) electrons. The molecule has 3 rings (SSSR count). The monoisotopic (exact) mass is 254 g/mol. The molecule has 1 aliphatic heterocycles. The molecule has 0 saturated heterocycles. The van der Waals surface area contributed by atoms with Gasteiger partial charge in [0.15, 0.2) is 17.3 Å². The second-order valence-electron chi connectivity index (χ2n) is 4.16. The molecule has 94 valence electrons. The highest BCUT2D eigenvalue weighted by atomic mass is 16.5. The fourth-order valence-corrected chi connectivity index (χ4v) is 1.93. The highest BCUT2D eigenvalue weighted by Crippen LogP contribution is 2.44. The summed E-state index contributed by atoms with van der Waals surface area (Å²) in [6.07, 6.45) is 1.60. The number of ether oxygens (including phenoxy) is 1. The van der Waals surface area contributed by atoms with Crippen LogP contribution in [0, 0.1) is 0 Å². The van der Waals surface area contributed by atoms with Crippen molar-refractivity contribution in [2.24, 2.45) is 0 Å². The second-order valence-corrected chi connectivity index (χ2v) is 4.16. The summed E-state index contributed by atoms with van der Waals surface area (Å²) in [5.74, 6) is -0.904. The molecule has 0 bridgehead atoms. The molecule has 4 nitrogen and oxygen atoms in total. The third-order valence-electron chi connectivity index (χ3n) is 2.89. The number of phenols is 2. The Bertz CT molecular complexity index is 687. The first kappa shape index (κ1) is 11.3. The standard InChI is InChI=1S/C15H10O4/c16-11-7-6-10-13(17)12(19-15(10)14(11)18)8-9-4-2-1-3-5-9/h1-8,16,18H. The van der Waals surface area contributed by atoms with Crippen LogP contribution in [-0.4, -0.2) is 16.0 Å². The van der Waals surface area contributed by atoms with E-state index in [1.165, 1.54) is 12.1 Å². The number of allylic oxidation sites excluding steroid dienone is 1. The highest BCUT2D eigenvalue weighted by Gasteiger charge is 2.31. The molecular formula is C15H10O4. The number of phenolic OH excluding ortho intramolecular Hbond substituents is 2. The van der Waals surface area contributed by atoms with E-state index in [9.17, 15) is 15.0 Å². The van der Waals surface area contributed by atoms with E-state index in [0.717, 1.165) is 5.56 Å². The molecule has 1 aliphatic rings. The fourth-order valence-electron chi connectivity index (χ4n) is 1.93. The number of Topliss-reactive ketones (excluding diaryl/α,β-unsaturated/α-hetero) is 1. The Labute approximate surface area is 109 Å². The number of rotatable bonds is 1. The van der Waals surface area contributed by atoms with Crippen LogP contribution in [0.2, 0.25) is 0 Å². The molecule has 0 saturated carbocycles. The molecule has 0 atom stereocenters. The zero-order chi connectivity index (χ0) is 13.4. The van der Waals surface area contributed by atoms with Crippen molar-refractivity contribution in [2.75, 3.05) is 0 Å². The summed E-state index contributed by atoms with van der Waals surface area (Å²) in [6.45, 7) is 0. The number of benzene rings is 2. The molecule has 0 fully saturated rings. The maximum Gasteiger partial charge on any atom is 0.232 e. The minimum atomic E-state index is -0.415. The number of carbonyl (C=O) groups is 1. The van der Waals surface area contributed by atoms with Crippen LogP contribution in [0.15, 0.2) is 48.2 Å². The van der Waals surface area contributed by atoms with E-state index >= 15 is 0 Å². The van der Waals surface area contributed by atoms with Gasteiger partial charge in [0.1, 0.15) is 0 Å². The molecule has 0 amide bonds. The minimum absolute atomic E-state index is 0.00665. The number of ketones is 1. The first-order valence-electron chi connectivity index (χ1n) is 5.71. The summed E-state index contributed by atoms with van der Waals surface area (Å²) in [5.41, 5.74) is 1.07. The summed E-state index contributed by atoms with van der Waals surface area (Å²) in [6, 6.07) is 11.9. The zero-order valence-electron chi connectivity index (χ0n) is 9.83. The van der Waals surface area contributed by atoms with Gasteiger partial charge in [0.2, 0.25) is 11.5 Å². The quantitative estimate of drug-likeness (QED) is 0.606. The summed E-state index contributed by atoms with van der Waals surface area (Å²) in [7, 11) is 0. The van der Waals surface area contributed by atoms with Gasteiger partial charge in [-0.2, -0.15) is 0 Å². The molecule has 0 aliphatic carbocycles. The average molecular weight is 254 g/mol. The van der Waals surface area contributed by atoms with Crippen molar-refractivity contribution in [2.45, 2.75) is 0 Å². The van der Waals surface area contributed by atoms with Crippen LogP contribution in [0.3, 0.4) is 0 Å². The molecule has 0 unspecified atom stereocenters. The minimum Gasteiger partial charge on any atom is -0.504 e. The van der Waals surface area contributed by atoms with Gasteiger partial charge in [-0.1, -0.05) is 30.3 Å². The largest absolute Gasteiger partial charge is 0.504 e. The third kappa shape index (κ3) is 1.83. The SMILES string of the molecule is O=C1C(=Cc2ccccc2)Oc2c1ccc(O)c2O. The van der Waals surface area contributed by atoms with Crippen LogP contribution in [0.5, 0.6) is 17.2 Å². The Hall–Kier alpha value is -2.75. The van der Waals surface area contributed by atoms with Gasteiger partial charge in [-0.3, -0.25) is 4.79 Å². The Morgan fingerprint density at radius 3 is 2.47 bits per heavy atom. The number of hydrogen-bond donors (Lipinski definition) is 2. The fraction of sp³-hybridized carbons (Fsp3) is 0. The average Bonchev–Trinajstić information content (AvgIpc) is 2.73. The molecule has 4 heteroatoms. The number of aromatic hydroxyl groups is 2. The van der Waals surface area contributed by atoms with E-state index in [4.69, 9.17) is 4.74 Å². The molecule has 2 N–H and O–H groups in total. The summed E-state index contributed by atoms with van der Waals surface area (Å²) < 4.78 is 5.34. The van der Waals surface area contributed by atoms with Gasteiger partial charge < -0.3 is 14.9 Å². The topological polar surface area (TPSA) is 66.8 Å². The molecule has 2 aromatic carbocycles. The first-order chi connectivity index (χ1) is 9.16. The van der Waals surface area contributed by atoms with Crippen LogP contribution < -0.4 is 4.74 Å². The highest BCUT2D eigenvalue weighted by molar-refractivity contribution is 6.15. The van der Waals surface area contributed by atoms with Crippen molar-refractivity contribution in [1.29, 1.82) is 0 Å². The Morgan fingerprint density at radius 2 is 1.74 bits per heavy atom. The smallest absolute Gasteiger partial charge is 0.232 e. The Balaban J connectivity index is 2.05. The molecule has 1 heterocycles. The maximum atomic E-state index is 12.1. The molecule has 19 heavy (non-hydrogen) atoms. The molecule has 2 aromatic rings. The van der Waals surface area contributed by atoms with Crippen molar-refractivity contribution in [3.63, 3.8) is 0 Å². The Morgan fingerprint density at radius 1 is 1.00 bits per heavy atom. The van der Waals surface area contributed by atoms with Gasteiger partial charge in [0.25, 0.3) is 0 Å². The van der Waals surface area contributed by atoms with Crippen molar-refractivity contribution in [3.05, 3.63) is 59.4 Å². The van der Waals surface area contributed by atoms with Gasteiger partial charge >= 0.3 is 0 Å². The molecule has 0 spiro atoms. The predicted molar refractivity (Wildman–Crippen MR) is 69.1 cm³/mol. The number of hydrogen-bond acceptors (Lipinski definition) is 4. The van der Waals surface area contributed by atoms with E-state index in [1.807, 2.05) is 30.3 Å². The van der Waals surface area contributed by atoms with Crippen molar-refractivity contribution >= 4 is 11.9 Å². The predicted octanol–water partition coefficient (Wildman–Crippen LogP) is 2.71. The van der Waals surface area contributed by atoms with E-state index in [2.05, 4.69) is 0 Å². The van der Waals surface area contributed by atoms with Crippen LogP contribution in [-0.2, 0) is 0 Å². The van der Waals surface area contributed by atoms with Gasteiger partial charge in [0.05, 0.1) is 5.56 Å². The number of fused-ring (bicyclic) bond motifs is 1. The van der Waals surface area contributed by atoms with Crippen molar-refractivity contribution < 1.29 is 19.7 Å². The van der Waals surface area contributed by atoms with Crippen LogP contribution in [0.4, 0.5) is 0 Å². The lowest BCUT2D eigenvalue weighted by molar-refractivity contribution is 0.101. The van der Waals surface area contributed by atoms with E-state index in [0.29, 0.717) is 0 Å². The van der Waals surface area contributed by atoms with Gasteiger partial charge in [-0.05, 0) is 23.8 Å². The lowest BCUT2D eigenvalue weighted by atomic mass is 10.1. The normalized spacial score (nSPS) is 15.4. The summed E-state index contributed by atoms with van der Waals surface area (Å²) in [4.78, 5) is 12.1. The third-order valence-corrected chi connectivity index (χ3v) is 2.89. The molecular weight excluding hydrogens is 244 g/mol. The van der Waals surface area contributed by atoms with Gasteiger partial charge in [-0.15, -0.1) is 0 Å². The number of carbonyl (C=O) groups excluding carboxylic acids is 1. The van der Waals surface area contributed by atoms with E-state index in [1.54, 1.807) is 6.08 Å². The van der Waals surface area contributed by atoms with Crippen LogP contribution in [0.1, 0.15) is 15.9 Å². The van der Waals surface area contributed by atoms with Crippen LogP contribution >= 0.6 is 0 Å². The lowest BCUT2D eigenvalue weighted by Gasteiger charge is -2.02. The first-order valence-corrected chi connectivity index (χ1v) is 5.71. The summed E-state index contributed by atoms with van der Waals surface area (Å²) in [5, 5.41) is 19.1. The molecule has 0 aromatic heterocycles. The summed E-state index contributed by atoms with van der Waals surface area (Å²) >= 11 is 0. The van der Waals surface area contributed by atoms with Crippen LogP contribution in [0.25, 0.3) is 6.08 Å². The van der Waals surface area contributed by atoms with Crippen molar-refractivity contribution in [1.82, 2.24) is 0 Å². The maximum absolute atomic E-state index is 12.1. The lowest BCUT2D eigenvalue weighted by Crippen LogP contribution is -1.97. The second kappa shape index (κ2) is 4.17. The zero-order valence-corrected chi connectivity index (χ0v) is 9.83.